The summed E-state index contributed by atoms with van der Waals surface area (Å²) in [5.74, 6) is 1.12. The number of hydrogen-bond acceptors (Lipinski definition) is 8. The minimum Gasteiger partial charge on any atom is -0.508 e. The number of aromatic nitrogens is 1. The van der Waals surface area contributed by atoms with Crippen molar-refractivity contribution in [3.63, 3.8) is 0 Å². The number of rotatable bonds is 15. The first-order valence-corrected chi connectivity index (χ1v) is 17.4. The fourth-order valence-electron chi connectivity index (χ4n) is 7.15. The van der Waals surface area contributed by atoms with E-state index in [9.17, 15) is 20.1 Å². The average Bonchev–Trinajstić information content (AvgIpc) is 3.14. The zero-order valence-electron chi connectivity index (χ0n) is 28.6. The summed E-state index contributed by atoms with van der Waals surface area (Å²) >= 11 is 0. The van der Waals surface area contributed by atoms with Gasteiger partial charge in [0.1, 0.15) is 17.2 Å². The first-order valence-electron chi connectivity index (χ1n) is 17.4. The van der Waals surface area contributed by atoms with Gasteiger partial charge in [-0.2, -0.15) is 0 Å². The number of benzene rings is 4. The van der Waals surface area contributed by atoms with Crippen LogP contribution in [0.5, 0.6) is 17.2 Å². The molecule has 9 nitrogen and oxygen atoms in total. The number of pyridine rings is 1. The highest BCUT2D eigenvalue weighted by Crippen LogP contribution is 2.45. The Bertz CT molecular complexity index is 1900. The number of H-pyrrole nitrogens is 1. The summed E-state index contributed by atoms with van der Waals surface area (Å²) in [4.78, 5) is 16.8. The Morgan fingerprint density at radius 2 is 1.62 bits per heavy atom. The molecule has 0 spiro atoms. The van der Waals surface area contributed by atoms with Gasteiger partial charge < -0.3 is 40.0 Å². The summed E-state index contributed by atoms with van der Waals surface area (Å²) in [6.45, 7) is 4.98. The molecular weight excluding hydrogens is 630 g/mol. The minimum atomic E-state index is -0.820. The second-order valence-electron chi connectivity index (χ2n) is 13.2. The number of aromatic amines is 1. The highest BCUT2D eigenvalue weighted by molar-refractivity contribution is 5.87. The van der Waals surface area contributed by atoms with E-state index in [-0.39, 0.29) is 16.7 Å². The Kier molecular flexibility index (Phi) is 11.5. The van der Waals surface area contributed by atoms with E-state index < -0.39 is 6.10 Å². The highest BCUT2D eigenvalue weighted by atomic mass is 16.5. The Labute approximate surface area is 293 Å². The molecule has 4 aromatic carbocycles. The standard InChI is InChI=1S/C41H47N3O6/c1-49-25-23-44-21-19-41(20-22-44,31-7-3-2-4-8-31)35-26-29(11-16-36(35)45)6-5-24-50-32-12-9-30(10-13-32)27-42-28-38(47)33-14-17-37(46)40-34(33)15-18-39(48)43-40/h2-4,7-18,26,38,42,45-47H,5-6,19-25,27-28H2,1H3,(H,43,48)/t38-/m0/s1. The van der Waals surface area contributed by atoms with Crippen LogP contribution in [0, 0.1) is 0 Å². The number of nitrogens with zero attached hydrogens (tertiary/aromatic N) is 1. The molecule has 0 unspecified atom stereocenters. The number of methoxy groups -OCH3 is 1. The molecule has 0 radical (unpaired) electrons. The number of nitrogens with one attached hydrogen (secondary N) is 2. The molecule has 2 heterocycles. The van der Waals surface area contributed by atoms with Gasteiger partial charge in [0.05, 0.1) is 24.8 Å². The summed E-state index contributed by atoms with van der Waals surface area (Å²) in [6, 6.07) is 30.8. The number of piperidine rings is 1. The van der Waals surface area contributed by atoms with Crippen LogP contribution in [0.4, 0.5) is 0 Å². The molecule has 50 heavy (non-hydrogen) atoms. The van der Waals surface area contributed by atoms with E-state index in [1.807, 2.05) is 42.5 Å². The lowest BCUT2D eigenvalue weighted by atomic mass is 9.67. The van der Waals surface area contributed by atoms with Crippen molar-refractivity contribution < 1.29 is 24.8 Å². The molecule has 1 fully saturated rings. The van der Waals surface area contributed by atoms with Crippen molar-refractivity contribution in [2.24, 2.45) is 0 Å². The Balaban J connectivity index is 1.00. The maximum Gasteiger partial charge on any atom is 0.248 e. The predicted molar refractivity (Wildman–Crippen MR) is 196 cm³/mol. The van der Waals surface area contributed by atoms with Gasteiger partial charge in [-0.15, -0.1) is 0 Å². The number of likely N-dealkylation sites (tertiary alicyclic amines) is 1. The van der Waals surface area contributed by atoms with Crippen LogP contribution in [0.25, 0.3) is 10.9 Å². The molecule has 5 N–H and O–H groups in total. The molecule has 9 heteroatoms. The van der Waals surface area contributed by atoms with Crippen LogP contribution >= 0.6 is 0 Å². The summed E-state index contributed by atoms with van der Waals surface area (Å²) in [7, 11) is 1.74. The van der Waals surface area contributed by atoms with E-state index in [1.54, 1.807) is 19.2 Å². The van der Waals surface area contributed by atoms with Gasteiger partial charge in [0.25, 0.3) is 0 Å². The maximum atomic E-state index is 11.7. The number of fused-ring (bicyclic) bond motifs is 1. The van der Waals surface area contributed by atoms with Gasteiger partial charge in [0.2, 0.25) is 5.56 Å². The molecule has 5 aromatic rings. The molecule has 0 bridgehead atoms. The summed E-state index contributed by atoms with van der Waals surface area (Å²) in [6.07, 6.45) is 2.74. The Hall–Kier alpha value is -4.67. The number of aryl methyl sites for hydroxylation is 1. The second kappa shape index (κ2) is 16.4. The molecule has 0 aliphatic carbocycles. The van der Waals surface area contributed by atoms with Gasteiger partial charge in [-0.3, -0.25) is 4.79 Å². The minimum absolute atomic E-state index is 0.0315. The third-order valence-electron chi connectivity index (χ3n) is 9.96. The molecule has 0 amide bonds. The molecule has 6 rings (SSSR count). The van der Waals surface area contributed by atoms with Crippen LogP contribution in [0.2, 0.25) is 0 Å². The van der Waals surface area contributed by atoms with Gasteiger partial charge in [0, 0.05) is 49.2 Å². The van der Waals surface area contributed by atoms with Gasteiger partial charge >= 0.3 is 0 Å². The van der Waals surface area contributed by atoms with Crippen LogP contribution in [0.3, 0.4) is 0 Å². The van der Waals surface area contributed by atoms with Crippen molar-refractivity contribution in [2.75, 3.05) is 46.5 Å². The lowest BCUT2D eigenvalue weighted by Gasteiger charge is -2.43. The fourth-order valence-corrected chi connectivity index (χ4v) is 7.15. The topological polar surface area (TPSA) is 127 Å². The lowest BCUT2D eigenvalue weighted by Crippen LogP contribution is -2.44. The normalized spacial score (nSPS) is 15.2. The van der Waals surface area contributed by atoms with Crippen LogP contribution in [0.15, 0.2) is 102 Å². The first-order chi connectivity index (χ1) is 24.4. The third-order valence-corrected chi connectivity index (χ3v) is 9.96. The third kappa shape index (κ3) is 8.20. The monoisotopic (exact) mass is 677 g/mol. The molecule has 1 aromatic heterocycles. The number of ether oxygens (including phenoxy) is 2. The molecule has 1 aliphatic heterocycles. The van der Waals surface area contributed by atoms with Gasteiger partial charge in [-0.25, -0.2) is 0 Å². The van der Waals surface area contributed by atoms with Gasteiger partial charge in [-0.05, 0) is 91.4 Å². The molecule has 1 aliphatic rings. The van der Waals surface area contributed by atoms with Crippen molar-refractivity contribution in [2.45, 2.75) is 43.7 Å². The van der Waals surface area contributed by atoms with Crippen molar-refractivity contribution in [1.29, 1.82) is 0 Å². The summed E-state index contributed by atoms with van der Waals surface area (Å²) in [5.41, 5.74) is 4.91. The number of hydrogen-bond donors (Lipinski definition) is 5. The highest BCUT2D eigenvalue weighted by Gasteiger charge is 2.39. The second-order valence-corrected chi connectivity index (χ2v) is 13.2. The van der Waals surface area contributed by atoms with Crippen LogP contribution in [-0.2, 0) is 23.1 Å². The van der Waals surface area contributed by atoms with Gasteiger partial charge in [-0.1, -0.05) is 60.7 Å². The largest absolute Gasteiger partial charge is 0.508 e. The quantitative estimate of drug-likeness (QED) is 0.0881. The van der Waals surface area contributed by atoms with Gasteiger partial charge in [0.15, 0.2) is 0 Å². The number of aliphatic hydroxyl groups excluding tert-OH is 1. The lowest BCUT2D eigenvalue weighted by molar-refractivity contribution is 0.117. The zero-order chi connectivity index (χ0) is 34.9. The SMILES string of the molecule is COCCN1CCC(c2ccccc2)(c2cc(CCCOc3ccc(CNC[C@H](O)c4ccc(O)c5[nH]c(=O)ccc45)cc3)ccc2O)CC1. The molecule has 0 saturated carbocycles. The summed E-state index contributed by atoms with van der Waals surface area (Å²) in [5, 5.41) is 36.0. The fraction of sp³-hybridized carbons (Fsp3) is 0.341. The zero-order valence-corrected chi connectivity index (χ0v) is 28.6. The van der Waals surface area contributed by atoms with Crippen molar-refractivity contribution >= 4 is 10.9 Å². The Morgan fingerprint density at radius 3 is 2.38 bits per heavy atom. The van der Waals surface area contributed by atoms with E-state index in [4.69, 9.17) is 9.47 Å². The molecular formula is C41H47N3O6. The molecule has 262 valence electrons. The summed E-state index contributed by atoms with van der Waals surface area (Å²) < 4.78 is 11.4. The number of aromatic hydroxyl groups is 2. The van der Waals surface area contributed by atoms with Crippen LogP contribution in [0.1, 0.15) is 53.2 Å². The van der Waals surface area contributed by atoms with Crippen LogP contribution < -0.4 is 15.6 Å². The van der Waals surface area contributed by atoms with Crippen LogP contribution in [-0.4, -0.2) is 71.7 Å². The number of phenols is 2. The van der Waals surface area contributed by atoms with Crippen molar-refractivity contribution in [1.82, 2.24) is 15.2 Å². The number of phenolic OH excluding ortho intramolecular Hbond substituents is 2. The van der Waals surface area contributed by atoms with Crippen molar-refractivity contribution in [3.05, 3.63) is 135 Å². The number of aliphatic hydroxyl groups is 1. The van der Waals surface area contributed by atoms with E-state index >= 15 is 0 Å². The predicted octanol–water partition coefficient (Wildman–Crippen LogP) is 5.80. The van der Waals surface area contributed by atoms with E-state index in [0.717, 1.165) is 68.8 Å². The van der Waals surface area contributed by atoms with Crippen molar-refractivity contribution in [3.8, 4) is 17.2 Å². The molecule has 1 saturated heterocycles. The van der Waals surface area contributed by atoms with E-state index in [2.05, 4.69) is 45.5 Å². The smallest absolute Gasteiger partial charge is 0.248 e. The van der Waals surface area contributed by atoms with E-state index in [1.165, 1.54) is 23.3 Å². The Morgan fingerprint density at radius 1 is 0.880 bits per heavy atom. The first kappa shape index (κ1) is 35.2. The molecule has 1 atom stereocenters. The maximum absolute atomic E-state index is 11.7. The average molecular weight is 678 g/mol. The van der Waals surface area contributed by atoms with E-state index in [0.29, 0.717) is 41.9 Å².